The molecule has 1 heterocycles. The van der Waals surface area contributed by atoms with Crippen LogP contribution in [0.15, 0.2) is 36.4 Å². The van der Waals surface area contributed by atoms with Gasteiger partial charge in [0.1, 0.15) is 18.0 Å². The molecule has 2 amide bonds. The van der Waals surface area contributed by atoms with Gasteiger partial charge < -0.3 is 14.8 Å². The van der Waals surface area contributed by atoms with Crippen LogP contribution >= 0.6 is 11.6 Å². The molecule has 0 unspecified atom stereocenters. The van der Waals surface area contributed by atoms with E-state index in [0.29, 0.717) is 10.8 Å². The number of methoxy groups -OCH3 is 1. The van der Waals surface area contributed by atoms with Crippen LogP contribution in [0, 0.1) is 0 Å². The predicted octanol–water partition coefficient (Wildman–Crippen LogP) is 3.73. The number of fused-ring (bicyclic) bond motifs is 1. The number of halogens is 4. The lowest BCUT2D eigenvalue weighted by Gasteiger charge is -2.29. The van der Waals surface area contributed by atoms with Crippen molar-refractivity contribution in [3.8, 4) is 11.5 Å². The Hall–Kier alpha value is -2.94. The van der Waals surface area contributed by atoms with E-state index in [4.69, 9.17) is 21.1 Å². The van der Waals surface area contributed by atoms with Gasteiger partial charge in [-0.1, -0.05) is 11.6 Å². The van der Waals surface area contributed by atoms with E-state index in [1.807, 2.05) is 0 Å². The quantitative estimate of drug-likeness (QED) is 0.827. The second kappa shape index (κ2) is 7.59. The molecule has 0 saturated heterocycles. The fourth-order valence-electron chi connectivity index (χ4n) is 2.68. The molecule has 10 heteroatoms. The zero-order valence-corrected chi connectivity index (χ0v) is 15.2. The number of benzene rings is 2. The Bertz CT molecular complexity index is 934. The van der Waals surface area contributed by atoms with Gasteiger partial charge in [-0.2, -0.15) is 13.2 Å². The molecule has 0 bridgehead atoms. The molecule has 0 aromatic heterocycles. The number of nitrogens with one attached hydrogen (secondary N) is 1. The van der Waals surface area contributed by atoms with Crippen LogP contribution in [0.1, 0.15) is 5.56 Å². The molecule has 1 aliphatic rings. The zero-order valence-electron chi connectivity index (χ0n) is 14.5. The van der Waals surface area contributed by atoms with Gasteiger partial charge in [0.25, 0.3) is 5.91 Å². The highest BCUT2D eigenvalue weighted by Crippen LogP contribution is 2.37. The molecule has 6 nitrogen and oxygen atoms in total. The number of hydrogen-bond donors (Lipinski definition) is 1. The topological polar surface area (TPSA) is 67.9 Å². The summed E-state index contributed by atoms with van der Waals surface area (Å²) in [7, 11) is 1.24. The first-order chi connectivity index (χ1) is 13.2. The van der Waals surface area contributed by atoms with Crippen molar-refractivity contribution in [3.63, 3.8) is 0 Å². The second-order valence-electron chi connectivity index (χ2n) is 5.84. The summed E-state index contributed by atoms with van der Waals surface area (Å²) >= 11 is 5.92. The molecule has 0 fully saturated rings. The van der Waals surface area contributed by atoms with E-state index >= 15 is 0 Å². The van der Waals surface area contributed by atoms with Crippen molar-refractivity contribution in [1.29, 1.82) is 0 Å². The number of alkyl halides is 3. The number of rotatable bonds is 4. The van der Waals surface area contributed by atoms with Crippen LogP contribution in [-0.4, -0.2) is 32.1 Å². The Labute approximate surface area is 162 Å². The smallest absolute Gasteiger partial charge is 0.418 e. The minimum Gasteiger partial charge on any atom is -0.497 e. The van der Waals surface area contributed by atoms with Gasteiger partial charge in [0.2, 0.25) is 5.91 Å². The van der Waals surface area contributed by atoms with Crippen LogP contribution in [0.2, 0.25) is 5.02 Å². The largest absolute Gasteiger partial charge is 0.497 e. The monoisotopic (exact) mass is 414 g/mol. The average Bonchev–Trinajstić information content (AvgIpc) is 2.63. The molecule has 2 aromatic rings. The van der Waals surface area contributed by atoms with Crippen LogP contribution in [0.25, 0.3) is 0 Å². The molecule has 0 radical (unpaired) electrons. The Morgan fingerprint density at radius 1 is 1.29 bits per heavy atom. The summed E-state index contributed by atoms with van der Waals surface area (Å²) in [5.41, 5.74) is -1.23. The number of nitrogens with zero attached hydrogens (tertiary/aromatic N) is 1. The molecular formula is C18H14ClF3N2O4. The predicted molar refractivity (Wildman–Crippen MR) is 95.9 cm³/mol. The molecule has 148 valence electrons. The van der Waals surface area contributed by atoms with Crippen molar-refractivity contribution < 1.29 is 32.2 Å². The zero-order chi connectivity index (χ0) is 20.5. The highest BCUT2D eigenvalue weighted by Gasteiger charge is 2.35. The van der Waals surface area contributed by atoms with E-state index in [2.05, 4.69) is 5.32 Å². The lowest BCUT2D eigenvalue weighted by atomic mass is 10.1. The average molecular weight is 415 g/mol. The molecule has 3 rings (SSSR count). The van der Waals surface area contributed by atoms with Gasteiger partial charge in [-0.15, -0.1) is 0 Å². The third kappa shape index (κ3) is 4.14. The van der Waals surface area contributed by atoms with Crippen molar-refractivity contribution in [3.05, 3.63) is 47.0 Å². The molecule has 0 atom stereocenters. The van der Waals surface area contributed by atoms with Gasteiger partial charge in [0.15, 0.2) is 6.61 Å². The summed E-state index contributed by atoms with van der Waals surface area (Å²) in [6, 6.07) is 7.70. The highest BCUT2D eigenvalue weighted by atomic mass is 35.5. The van der Waals surface area contributed by atoms with E-state index in [0.717, 1.165) is 17.0 Å². The van der Waals surface area contributed by atoms with E-state index in [1.54, 1.807) is 12.1 Å². The Kier molecular flexibility index (Phi) is 5.37. The molecule has 0 aliphatic carbocycles. The van der Waals surface area contributed by atoms with Gasteiger partial charge in [-0.05, 0) is 36.4 Å². The third-order valence-electron chi connectivity index (χ3n) is 3.97. The number of ether oxygens (including phenoxy) is 2. The lowest BCUT2D eigenvalue weighted by molar-refractivity contribution is -0.137. The summed E-state index contributed by atoms with van der Waals surface area (Å²) in [5.74, 6) is -0.984. The first kappa shape index (κ1) is 19.8. The number of anilines is 2. The maximum atomic E-state index is 13.3. The highest BCUT2D eigenvalue weighted by molar-refractivity contribution is 6.31. The molecule has 0 saturated carbocycles. The minimum atomic E-state index is -4.70. The van der Waals surface area contributed by atoms with Crippen LogP contribution in [0.4, 0.5) is 24.5 Å². The SMILES string of the molecule is COc1ccc(NC(=O)CN2C(=O)COc3ccc(Cl)cc32)c(C(F)(F)F)c1. The fraction of sp³-hybridized carbons (Fsp3) is 0.222. The van der Waals surface area contributed by atoms with E-state index in [1.165, 1.54) is 19.2 Å². The summed E-state index contributed by atoms with van der Waals surface area (Å²) in [6.07, 6.45) is -4.70. The van der Waals surface area contributed by atoms with E-state index in [-0.39, 0.29) is 18.0 Å². The number of carbonyl (C=O) groups excluding carboxylic acids is 2. The summed E-state index contributed by atoms with van der Waals surface area (Å²) < 4.78 is 49.9. The number of carbonyl (C=O) groups is 2. The van der Waals surface area contributed by atoms with Gasteiger partial charge >= 0.3 is 6.18 Å². The normalized spacial score (nSPS) is 13.6. The van der Waals surface area contributed by atoms with Gasteiger partial charge in [-0.3, -0.25) is 14.5 Å². The molecule has 2 aromatic carbocycles. The minimum absolute atomic E-state index is 0.00255. The standard InChI is InChI=1S/C18H14ClF3N2O4/c1-27-11-3-4-13(12(7-11)18(20,21)22)23-16(25)8-24-14-6-10(19)2-5-15(14)28-9-17(24)26/h2-7H,8-9H2,1H3,(H,23,25). The Morgan fingerprint density at radius 3 is 2.71 bits per heavy atom. The van der Waals surface area contributed by atoms with Crippen molar-refractivity contribution in [1.82, 2.24) is 0 Å². The summed E-state index contributed by atoms with van der Waals surface area (Å²) in [4.78, 5) is 25.6. The van der Waals surface area contributed by atoms with Gasteiger partial charge in [0, 0.05) is 5.02 Å². The fourth-order valence-corrected chi connectivity index (χ4v) is 2.84. The third-order valence-corrected chi connectivity index (χ3v) is 4.21. The molecule has 1 N–H and O–H groups in total. The van der Waals surface area contributed by atoms with Crippen molar-refractivity contribution >= 4 is 34.8 Å². The molecule has 0 spiro atoms. The van der Waals surface area contributed by atoms with Crippen molar-refractivity contribution in [2.24, 2.45) is 0 Å². The maximum absolute atomic E-state index is 13.3. The van der Waals surface area contributed by atoms with Gasteiger partial charge in [-0.25, -0.2) is 0 Å². The molecule has 1 aliphatic heterocycles. The van der Waals surface area contributed by atoms with Crippen LogP contribution in [0.5, 0.6) is 11.5 Å². The second-order valence-corrected chi connectivity index (χ2v) is 6.27. The van der Waals surface area contributed by atoms with Crippen LogP contribution < -0.4 is 19.7 Å². The van der Waals surface area contributed by atoms with Crippen LogP contribution in [-0.2, 0) is 15.8 Å². The number of hydrogen-bond acceptors (Lipinski definition) is 4. The molecular weight excluding hydrogens is 401 g/mol. The lowest BCUT2D eigenvalue weighted by Crippen LogP contribution is -2.43. The molecule has 28 heavy (non-hydrogen) atoms. The first-order valence-corrected chi connectivity index (χ1v) is 8.34. The van der Waals surface area contributed by atoms with Crippen molar-refractivity contribution in [2.45, 2.75) is 6.18 Å². The Balaban J connectivity index is 1.84. The first-order valence-electron chi connectivity index (χ1n) is 7.97. The van der Waals surface area contributed by atoms with E-state index < -0.39 is 35.8 Å². The van der Waals surface area contributed by atoms with Crippen molar-refractivity contribution in [2.75, 3.05) is 30.5 Å². The maximum Gasteiger partial charge on any atom is 0.418 e. The van der Waals surface area contributed by atoms with Crippen LogP contribution in [0.3, 0.4) is 0 Å². The summed E-state index contributed by atoms with van der Waals surface area (Å²) in [6.45, 7) is -0.795. The Morgan fingerprint density at radius 2 is 2.04 bits per heavy atom. The summed E-state index contributed by atoms with van der Waals surface area (Å²) in [5, 5.41) is 2.52. The van der Waals surface area contributed by atoms with E-state index in [9.17, 15) is 22.8 Å². The van der Waals surface area contributed by atoms with Gasteiger partial charge in [0.05, 0.1) is 24.0 Å². The number of amides is 2.